The number of phosphoric ester groups is 1. The number of nitrogen functional groups attached to an aromatic ring is 1. The highest BCUT2D eigenvalue weighted by Crippen LogP contribution is 2.66. The van der Waals surface area contributed by atoms with Gasteiger partial charge in [-0.2, -0.15) is 13.6 Å². The van der Waals surface area contributed by atoms with Crippen LogP contribution in [0.15, 0.2) is 11.0 Å². The minimum Gasteiger partial charge on any atom is -0.387 e. The Bertz CT molecular complexity index is 1080. The zero-order chi connectivity index (χ0) is 24.9. The van der Waals surface area contributed by atoms with Crippen LogP contribution in [0.5, 0.6) is 0 Å². The van der Waals surface area contributed by atoms with Crippen molar-refractivity contribution in [3.8, 4) is 0 Å². The average Bonchev–Trinajstić information content (AvgIpc) is 2.77. The molecule has 7 atom stereocenters. The summed E-state index contributed by atoms with van der Waals surface area (Å²) < 4.78 is 79.8. The highest BCUT2D eigenvalue weighted by Gasteiger charge is 2.58. The largest absolute Gasteiger partial charge is 0.490 e. The van der Waals surface area contributed by atoms with Gasteiger partial charge in [0.1, 0.15) is 12.2 Å². The molecule has 2 rings (SSSR count). The molecular weight excluding hydrogens is 513 g/mol. The molecule has 0 aromatic carbocycles. The van der Waals surface area contributed by atoms with Crippen LogP contribution < -0.4 is 11.4 Å². The molecule has 0 aliphatic carbocycles. The summed E-state index contributed by atoms with van der Waals surface area (Å²) in [5.74, 6) is -2.01. The minimum absolute atomic E-state index is 0.326. The lowest BCUT2D eigenvalue weighted by Crippen LogP contribution is -2.44. The summed E-state index contributed by atoms with van der Waals surface area (Å²) in [5, 5.41) is 10.2. The molecule has 32 heavy (non-hydrogen) atoms. The first-order chi connectivity index (χ1) is 14.3. The summed E-state index contributed by atoms with van der Waals surface area (Å²) in [4.78, 5) is 50.8. The molecule has 0 spiro atoms. The lowest BCUT2D eigenvalue weighted by atomic mass is 9.96. The second-order valence-corrected chi connectivity index (χ2v) is 11.0. The number of rotatable bonds is 8. The first kappa shape index (κ1) is 27.1. The van der Waals surface area contributed by atoms with E-state index >= 15 is 4.39 Å². The average molecular weight is 531 g/mol. The first-order valence-corrected chi connectivity index (χ1v) is 12.7. The summed E-state index contributed by atoms with van der Waals surface area (Å²) in [7, 11) is -17.1. The van der Waals surface area contributed by atoms with Crippen LogP contribution in [0.2, 0.25) is 0 Å². The molecule has 0 bridgehead atoms. The molecule has 1 aliphatic rings. The monoisotopic (exact) mass is 531 g/mol. The van der Waals surface area contributed by atoms with E-state index in [1.165, 1.54) is 0 Å². The SMILES string of the molecule is C[C@H](OP(=O)(O)OP(=O)(O)OP(=O)(O)O)[C@H]1O[C@@H](n2cc(F)c(N)nc2=O)[C@](C)(F)C1O. The summed E-state index contributed by atoms with van der Waals surface area (Å²) in [6.45, 7) is 1.66. The molecule has 3 unspecified atom stereocenters. The van der Waals surface area contributed by atoms with Crippen molar-refractivity contribution in [1.82, 2.24) is 9.55 Å². The predicted octanol–water partition coefficient (Wildman–Crippen LogP) is -0.317. The molecule has 1 aromatic rings. The molecule has 0 radical (unpaired) electrons. The Labute approximate surface area is 177 Å². The number of aliphatic hydroxyl groups excluding tert-OH is 1. The maximum atomic E-state index is 15.1. The quantitative estimate of drug-likeness (QED) is 0.235. The van der Waals surface area contributed by atoms with Gasteiger partial charge in [0.15, 0.2) is 23.5 Å². The number of hydrogen-bond donors (Lipinski definition) is 6. The fourth-order valence-electron chi connectivity index (χ4n) is 2.72. The normalized spacial score (nSPS) is 31.1. The maximum absolute atomic E-state index is 15.1. The Morgan fingerprint density at radius 2 is 1.81 bits per heavy atom. The second kappa shape index (κ2) is 8.91. The Kier molecular flexibility index (Phi) is 7.55. The zero-order valence-corrected chi connectivity index (χ0v) is 18.6. The number of ether oxygens (including phenoxy) is 1. The standard InChI is InChI=1S/C11H18F2N3O13P3/c1-4(27-31(22,23)29-32(24,25)28-30(19,20)21)6-7(17)11(2,13)9(26-6)16-3-5(12)8(14)15-10(16)18/h3-4,6-7,9,17H,1-2H3,(H,22,23)(H,24,25)(H2,14,15,18)(H2,19,20,21)/t4-,6+,7?,9+,11+/m0/s1. The number of nitrogens with zero attached hydrogens (tertiary/aromatic N) is 2. The lowest BCUT2D eigenvalue weighted by molar-refractivity contribution is -0.0808. The number of aromatic nitrogens is 2. The van der Waals surface area contributed by atoms with Crippen molar-refractivity contribution in [3.05, 3.63) is 22.5 Å². The fraction of sp³-hybridized carbons (Fsp3) is 0.636. The molecule has 16 nitrogen and oxygen atoms in total. The van der Waals surface area contributed by atoms with Gasteiger partial charge in [-0.3, -0.25) is 9.09 Å². The van der Waals surface area contributed by atoms with Gasteiger partial charge in [-0.1, -0.05) is 0 Å². The van der Waals surface area contributed by atoms with Gasteiger partial charge in [0.2, 0.25) is 0 Å². The summed E-state index contributed by atoms with van der Waals surface area (Å²) >= 11 is 0. The molecule has 7 N–H and O–H groups in total. The molecule has 21 heteroatoms. The van der Waals surface area contributed by atoms with E-state index in [0.717, 1.165) is 13.8 Å². The van der Waals surface area contributed by atoms with E-state index in [1.807, 2.05) is 0 Å². The highest BCUT2D eigenvalue weighted by atomic mass is 31.3. The van der Waals surface area contributed by atoms with Crippen molar-refractivity contribution in [2.24, 2.45) is 0 Å². The predicted molar refractivity (Wildman–Crippen MR) is 96.7 cm³/mol. The first-order valence-electron chi connectivity index (χ1n) is 8.14. The molecule has 184 valence electrons. The van der Waals surface area contributed by atoms with Crippen LogP contribution in [0.1, 0.15) is 20.1 Å². The number of nitrogens with two attached hydrogens (primary N) is 1. The van der Waals surface area contributed by atoms with Gasteiger partial charge in [-0.15, -0.1) is 0 Å². The van der Waals surface area contributed by atoms with E-state index in [0.29, 0.717) is 10.8 Å². The van der Waals surface area contributed by atoms with E-state index in [-0.39, 0.29) is 0 Å². The number of anilines is 1. The van der Waals surface area contributed by atoms with Gasteiger partial charge in [0.05, 0.1) is 12.3 Å². The Morgan fingerprint density at radius 3 is 2.34 bits per heavy atom. The number of alkyl halides is 1. The molecule has 0 amide bonds. The van der Waals surface area contributed by atoms with Crippen molar-refractivity contribution < 1.29 is 65.0 Å². The molecule has 1 aromatic heterocycles. The fourth-order valence-corrected chi connectivity index (χ4v) is 5.92. The number of halogens is 2. The topological polar surface area (TPSA) is 250 Å². The molecule has 0 saturated carbocycles. The summed E-state index contributed by atoms with van der Waals surface area (Å²) in [6, 6.07) is 0. The van der Waals surface area contributed by atoms with E-state index in [1.54, 1.807) is 0 Å². The zero-order valence-electron chi connectivity index (χ0n) is 16.0. The number of aliphatic hydroxyl groups is 1. The van der Waals surface area contributed by atoms with Crippen LogP contribution in [0.3, 0.4) is 0 Å². The van der Waals surface area contributed by atoms with Gasteiger partial charge in [0.25, 0.3) is 0 Å². The Balaban J connectivity index is 2.24. The van der Waals surface area contributed by atoms with Gasteiger partial charge < -0.3 is 35.2 Å². The van der Waals surface area contributed by atoms with Crippen LogP contribution in [-0.2, 0) is 31.6 Å². The third-order valence-corrected chi connectivity index (χ3v) is 7.95. The lowest BCUT2D eigenvalue weighted by Gasteiger charge is -2.26. The summed E-state index contributed by atoms with van der Waals surface area (Å²) in [6.07, 6.45) is -7.42. The van der Waals surface area contributed by atoms with Crippen LogP contribution >= 0.6 is 23.5 Å². The maximum Gasteiger partial charge on any atom is 0.490 e. The van der Waals surface area contributed by atoms with Crippen LogP contribution in [-0.4, -0.2) is 58.2 Å². The van der Waals surface area contributed by atoms with E-state index in [4.69, 9.17) is 25.2 Å². The van der Waals surface area contributed by atoms with E-state index < -0.39 is 71.0 Å². The van der Waals surface area contributed by atoms with Crippen molar-refractivity contribution in [3.63, 3.8) is 0 Å². The van der Waals surface area contributed by atoms with Crippen molar-refractivity contribution in [1.29, 1.82) is 0 Å². The van der Waals surface area contributed by atoms with Crippen LogP contribution in [0, 0.1) is 5.82 Å². The third-order valence-electron chi connectivity index (χ3n) is 4.02. The highest BCUT2D eigenvalue weighted by molar-refractivity contribution is 7.66. The van der Waals surface area contributed by atoms with Gasteiger partial charge >= 0.3 is 29.2 Å². The summed E-state index contributed by atoms with van der Waals surface area (Å²) in [5.41, 5.74) is 1.05. The molecule has 1 fully saturated rings. The molecular formula is C11H18F2N3O13P3. The van der Waals surface area contributed by atoms with E-state index in [9.17, 15) is 32.9 Å². The molecule has 1 saturated heterocycles. The smallest absolute Gasteiger partial charge is 0.387 e. The molecule has 1 aliphatic heterocycles. The number of hydrogen-bond acceptors (Lipinski definition) is 11. The Hall–Kier alpha value is -1.13. The van der Waals surface area contributed by atoms with Gasteiger partial charge in [-0.25, -0.2) is 27.3 Å². The third kappa shape index (κ3) is 6.26. The van der Waals surface area contributed by atoms with Crippen molar-refractivity contribution in [2.45, 2.75) is 44.1 Å². The Morgan fingerprint density at radius 1 is 1.25 bits per heavy atom. The van der Waals surface area contributed by atoms with Gasteiger partial charge in [-0.05, 0) is 13.8 Å². The van der Waals surface area contributed by atoms with Crippen molar-refractivity contribution in [2.75, 3.05) is 5.73 Å². The second-order valence-electron chi connectivity index (χ2n) is 6.61. The minimum atomic E-state index is -5.83. The number of phosphoric acid groups is 3. The van der Waals surface area contributed by atoms with Crippen LogP contribution in [0.25, 0.3) is 0 Å². The molecule has 2 heterocycles. The van der Waals surface area contributed by atoms with Gasteiger partial charge in [0, 0.05) is 0 Å². The van der Waals surface area contributed by atoms with Crippen molar-refractivity contribution >= 4 is 29.3 Å². The van der Waals surface area contributed by atoms with Crippen LogP contribution in [0.4, 0.5) is 14.6 Å². The van der Waals surface area contributed by atoms with E-state index in [2.05, 4.69) is 18.1 Å².